The molecule has 0 aliphatic heterocycles. The van der Waals surface area contributed by atoms with Gasteiger partial charge in [0.1, 0.15) is 11.6 Å². The van der Waals surface area contributed by atoms with Gasteiger partial charge in [0.25, 0.3) is 0 Å². The van der Waals surface area contributed by atoms with E-state index in [9.17, 15) is 14.4 Å². The third-order valence-corrected chi connectivity index (χ3v) is 5.10. The minimum atomic E-state index is -1.06. The molecule has 0 spiro atoms. The first kappa shape index (κ1) is 21.4. The number of aliphatic carboxylic acids is 1. The lowest BCUT2D eigenvalue weighted by atomic mass is 10.00. The smallest absolute Gasteiger partial charge is 0.341 e. The summed E-state index contributed by atoms with van der Waals surface area (Å²) >= 11 is 1.49. The first-order valence-corrected chi connectivity index (χ1v) is 9.84. The monoisotopic (exact) mass is 422 g/mol. The molecule has 3 rings (SSSR count). The van der Waals surface area contributed by atoms with Gasteiger partial charge in [-0.1, -0.05) is 18.2 Å². The predicted molar refractivity (Wildman–Crippen MR) is 113 cm³/mol. The van der Waals surface area contributed by atoms with Gasteiger partial charge in [0.05, 0.1) is 11.6 Å². The summed E-state index contributed by atoms with van der Waals surface area (Å²) in [5.74, 6) is -0.903. The Morgan fingerprint density at radius 2 is 1.93 bits per heavy atom. The molecule has 0 radical (unpaired) electrons. The van der Waals surface area contributed by atoms with E-state index in [2.05, 4.69) is 6.07 Å². The molecule has 1 N–H and O–H groups in total. The molecule has 7 heteroatoms. The molecule has 3 aromatic rings. The van der Waals surface area contributed by atoms with Crippen LogP contribution in [0.5, 0.6) is 5.75 Å². The van der Waals surface area contributed by atoms with Gasteiger partial charge in [0.2, 0.25) is 0 Å². The third kappa shape index (κ3) is 5.83. The number of ether oxygens (including phenoxy) is 1. The molecule has 0 unspecified atom stereocenters. The van der Waals surface area contributed by atoms with Crippen LogP contribution in [0.2, 0.25) is 0 Å². The number of carboxylic acids is 1. The van der Waals surface area contributed by atoms with E-state index < -0.39 is 12.6 Å². The molecule has 30 heavy (non-hydrogen) atoms. The highest BCUT2D eigenvalue weighted by Crippen LogP contribution is 2.33. The lowest BCUT2D eigenvalue weighted by Gasteiger charge is -2.18. The summed E-state index contributed by atoms with van der Waals surface area (Å²) in [5, 5.41) is 18.1. The van der Waals surface area contributed by atoms with Crippen molar-refractivity contribution in [3.63, 3.8) is 0 Å². The van der Waals surface area contributed by atoms with Gasteiger partial charge in [0, 0.05) is 17.0 Å². The minimum absolute atomic E-state index is 0.275. The van der Waals surface area contributed by atoms with Crippen LogP contribution in [0, 0.1) is 17.1 Å². The third-order valence-electron chi connectivity index (χ3n) is 4.18. The van der Waals surface area contributed by atoms with Crippen LogP contribution in [0.15, 0.2) is 71.6 Å². The van der Waals surface area contributed by atoms with Crippen molar-refractivity contribution in [3.8, 4) is 22.9 Å². The zero-order valence-corrected chi connectivity index (χ0v) is 17.0. The van der Waals surface area contributed by atoms with Crippen molar-refractivity contribution in [1.82, 2.24) is 4.31 Å². The van der Waals surface area contributed by atoms with Gasteiger partial charge in [-0.15, -0.1) is 0 Å². The van der Waals surface area contributed by atoms with Crippen LogP contribution in [0.4, 0.5) is 4.39 Å². The Kier molecular flexibility index (Phi) is 7.07. The maximum Gasteiger partial charge on any atom is 0.341 e. The number of hydrogen-bond acceptors (Lipinski definition) is 5. The number of nitrogens with zero attached hydrogens (tertiary/aromatic N) is 2. The van der Waals surface area contributed by atoms with Crippen LogP contribution in [-0.2, 0) is 11.3 Å². The van der Waals surface area contributed by atoms with E-state index >= 15 is 0 Å². The molecule has 0 aromatic heterocycles. The average Bonchev–Trinajstić information content (AvgIpc) is 2.74. The van der Waals surface area contributed by atoms with Gasteiger partial charge < -0.3 is 9.84 Å². The van der Waals surface area contributed by atoms with Crippen molar-refractivity contribution in [2.75, 3.05) is 13.7 Å². The second-order valence-electron chi connectivity index (χ2n) is 6.54. The second kappa shape index (κ2) is 9.92. The zero-order chi connectivity index (χ0) is 21.5. The second-order valence-corrected chi connectivity index (χ2v) is 7.81. The number of carbonyl (C=O) groups is 1. The quantitative estimate of drug-likeness (QED) is 0.517. The van der Waals surface area contributed by atoms with Crippen molar-refractivity contribution >= 4 is 17.9 Å². The maximum absolute atomic E-state index is 13.1. The Morgan fingerprint density at radius 1 is 1.17 bits per heavy atom. The van der Waals surface area contributed by atoms with Gasteiger partial charge in [0.15, 0.2) is 6.61 Å². The highest BCUT2D eigenvalue weighted by Gasteiger charge is 2.12. The van der Waals surface area contributed by atoms with E-state index in [1.807, 2.05) is 29.6 Å². The Morgan fingerprint density at radius 3 is 2.63 bits per heavy atom. The summed E-state index contributed by atoms with van der Waals surface area (Å²) in [6, 6.07) is 21.0. The number of hydrogen-bond donors (Lipinski definition) is 1. The number of halogens is 1. The molecule has 0 aliphatic carbocycles. The van der Waals surface area contributed by atoms with Gasteiger partial charge in [-0.2, -0.15) is 5.26 Å². The molecule has 0 amide bonds. The van der Waals surface area contributed by atoms with Gasteiger partial charge in [-0.05, 0) is 78.7 Å². The molecule has 3 aromatic carbocycles. The lowest BCUT2D eigenvalue weighted by Crippen LogP contribution is -2.11. The molecule has 0 saturated heterocycles. The fraction of sp³-hybridized carbons (Fsp3) is 0.130. The van der Waals surface area contributed by atoms with E-state index in [-0.39, 0.29) is 5.82 Å². The SMILES string of the molecule is CN(Cc1ccc(OCC(=O)O)c(-c2cccc(C#N)c2)c1)Sc1ccc(F)cc1. The van der Waals surface area contributed by atoms with E-state index in [1.165, 1.54) is 24.1 Å². The number of rotatable bonds is 8. The van der Waals surface area contributed by atoms with Gasteiger partial charge in [-0.3, -0.25) is 0 Å². The Balaban J connectivity index is 1.85. The van der Waals surface area contributed by atoms with E-state index in [0.717, 1.165) is 16.0 Å². The summed E-state index contributed by atoms with van der Waals surface area (Å²) in [4.78, 5) is 11.8. The van der Waals surface area contributed by atoms with Crippen molar-refractivity contribution in [2.45, 2.75) is 11.4 Å². The van der Waals surface area contributed by atoms with Crippen molar-refractivity contribution in [3.05, 3.63) is 83.7 Å². The summed E-state index contributed by atoms with van der Waals surface area (Å²) in [6.45, 7) is 0.136. The lowest BCUT2D eigenvalue weighted by molar-refractivity contribution is -0.139. The normalized spacial score (nSPS) is 10.6. The Labute approximate surface area is 178 Å². The van der Waals surface area contributed by atoms with Gasteiger partial charge >= 0.3 is 5.97 Å². The fourth-order valence-corrected chi connectivity index (χ4v) is 3.72. The molecule has 0 aliphatic rings. The molecule has 0 fully saturated rings. The fourth-order valence-electron chi connectivity index (χ4n) is 2.89. The summed E-state index contributed by atoms with van der Waals surface area (Å²) in [5.41, 5.74) is 2.97. The van der Waals surface area contributed by atoms with Crippen molar-refractivity contribution in [2.24, 2.45) is 0 Å². The number of benzene rings is 3. The molecular weight excluding hydrogens is 403 g/mol. The number of nitriles is 1. The molecule has 0 saturated carbocycles. The molecule has 0 bridgehead atoms. The largest absolute Gasteiger partial charge is 0.481 e. The summed E-state index contributed by atoms with van der Waals surface area (Å²) in [6.07, 6.45) is 0. The molecule has 0 atom stereocenters. The minimum Gasteiger partial charge on any atom is -0.481 e. The average molecular weight is 422 g/mol. The molecule has 152 valence electrons. The van der Waals surface area contributed by atoms with Gasteiger partial charge in [-0.25, -0.2) is 13.5 Å². The number of carboxylic acid groups (broad SMARTS) is 1. The highest BCUT2D eigenvalue weighted by atomic mass is 32.2. The van der Waals surface area contributed by atoms with Crippen LogP contribution in [0.25, 0.3) is 11.1 Å². The van der Waals surface area contributed by atoms with E-state index in [4.69, 9.17) is 9.84 Å². The summed E-state index contributed by atoms with van der Waals surface area (Å²) in [7, 11) is 1.93. The summed E-state index contributed by atoms with van der Waals surface area (Å²) < 4.78 is 20.6. The first-order chi connectivity index (χ1) is 14.4. The topological polar surface area (TPSA) is 73.6 Å². The van der Waals surface area contributed by atoms with Crippen LogP contribution >= 0.6 is 11.9 Å². The van der Waals surface area contributed by atoms with E-state index in [0.29, 0.717) is 23.4 Å². The van der Waals surface area contributed by atoms with Crippen molar-refractivity contribution in [1.29, 1.82) is 5.26 Å². The molecular formula is C23H19FN2O3S. The standard InChI is InChI=1S/C23H19FN2O3S/c1-26(30-20-8-6-19(24)7-9-20)14-17-5-10-22(29-15-23(27)28)21(12-17)18-4-2-3-16(11-18)13-25/h2-12H,14-15H2,1H3,(H,27,28). The van der Waals surface area contributed by atoms with Crippen LogP contribution in [0.3, 0.4) is 0 Å². The zero-order valence-electron chi connectivity index (χ0n) is 16.2. The Hall–Kier alpha value is -3.34. The van der Waals surface area contributed by atoms with Crippen LogP contribution in [0.1, 0.15) is 11.1 Å². The van der Waals surface area contributed by atoms with Crippen molar-refractivity contribution < 1.29 is 19.0 Å². The van der Waals surface area contributed by atoms with Crippen LogP contribution < -0.4 is 4.74 Å². The van der Waals surface area contributed by atoms with Crippen LogP contribution in [-0.4, -0.2) is 29.0 Å². The predicted octanol–water partition coefficient (Wildman–Crippen LogP) is 4.97. The molecule has 5 nitrogen and oxygen atoms in total. The maximum atomic E-state index is 13.1. The highest BCUT2D eigenvalue weighted by molar-refractivity contribution is 7.97. The molecule has 0 heterocycles. The first-order valence-electron chi connectivity index (χ1n) is 9.07. The van der Waals surface area contributed by atoms with E-state index in [1.54, 1.807) is 36.4 Å². The Bertz CT molecular complexity index is 1080.